The van der Waals surface area contributed by atoms with Crippen LogP contribution in [-0.4, -0.2) is 30.9 Å². The molecule has 1 amide bonds. The number of benzene rings is 1. The van der Waals surface area contributed by atoms with Gasteiger partial charge in [-0.2, -0.15) is 12.6 Å². The minimum Gasteiger partial charge on any atom is -0.486 e. The smallest absolute Gasteiger partial charge is 0.220 e. The number of amides is 1. The summed E-state index contributed by atoms with van der Waals surface area (Å²) < 4.78 is 11.2. The summed E-state index contributed by atoms with van der Waals surface area (Å²) in [5.74, 6) is 2.02. The highest BCUT2D eigenvalue weighted by Gasteiger charge is 2.20. The zero-order valence-corrected chi connectivity index (χ0v) is 10.3. The van der Waals surface area contributed by atoms with E-state index in [0.717, 1.165) is 11.5 Å². The van der Waals surface area contributed by atoms with Gasteiger partial charge in [-0.3, -0.25) is 4.79 Å². The number of thiol groups is 1. The highest BCUT2D eigenvalue weighted by molar-refractivity contribution is 7.80. The lowest BCUT2D eigenvalue weighted by Crippen LogP contribution is -2.40. The van der Waals surface area contributed by atoms with Crippen LogP contribution in [0.25, 0.3) is 0 Å². The molecule has 1 aliphatic rings. The molecular formula is C12H15NO3S. The zero-order valence-electron chi connectivity index (χ0n) is 9.39. The summed E-state index contributed by atoms with van der Waals surface area (Å²) in [7, 11) is 0. The molecule has 0 aromatic heterocycles. The van der Waals surface area contributed by atoms with Gasteiger partial charge in [-0.15, -0.1) is 0 Å². The number of para-hydroxylation sites is 2. The molecule has 1 N–H and O–H groups in total. The van der Waals surface area contributed by atoms with Gasteiger partial charge in [0, 0.05) is 6.42 Å². The van der Waals surface area contributed by atoms with Crippen LogP contribution >= 0.6 is 12.6 Å². The molecule has 0 bridgehead atoms. The zero-order chi connectivity index (χ0) is 12.1. The quantitative estimate of drug-likeness (QED) is 0.794. The van der Waals surface area contributed by atoms with E-state index in [1.54, 1.807) is 0 Å². The number of rotatable bonds is 4. The summed E-state index contributed by atoms with van der Waals surface area (Å²) in [4.78, 5) is 11.3. The molecule has 0 saturated heterocycles. The van der Waals surface area contributed by atoms with Crippen LogP contribution in [0.4, 0.5) is 0 Å². The summed E-state index contributed by atoms with van der Waals surface area (Å²) >= 11 is 4.00. The molecular weight excluding hydrogens is 238 g/mol. The molecule has 1 aromatic carbocycles. The van der Waals surface area contributed by atoms with Gasteiger partial charge in [0.15, 0.2) is 11.5 Å². The maximum Gasteiger partial charge on any atom is 0.220 e. The maximum atomic E-state index is 11.3. The molecule has 1 aromatic rings. The number of nitrogens with one attached hydrogen (secondary N) is 1. The highest BCUT2D eigenvalue weighted by atomic mass is 32.1. The third-order valence-electron chi connectivity index (χ3n) is 2.43. The second-order valence-corrected chi connectivity index (χ2v) is 4.22. The van der Waals surface area contributed by atoms with Crippen LogP contribution < -0.4 is 14.8 Å². The average Bonchev–Trinajstić information content (AvgIpc) is 2.36. The Morgan fingerprint density at radius 1 is 1.41 bits per heavy atom. The van der Waals surface area contributed by atoms with Gasteiger partial charge in [0.1, 0.15) is 12.7 Å². The van der Waals surface area contributed by atoms with Crippen molar-refractivity contribution in [2.24, 2.45) is 0 Å². The Kier molecular flexibility index (Phi) is 4.14. The summed E-state index contributed by atoms with van der Waals surface area (Å²) in [6.45, 7) is 0.916. The molecule has 1 unspecified atom stereocenters. The van der Waals surface area contributed by atoms with Crippen LogP contribution in [0.3, 0.4) is 0 Å². The molecule has 0 fully saturated rings. The Morgan fingerprint density at radius 3 is 2.94 bits per heavy atom. The molecule has 17 heavy (non-hydrogen) atoms. The fourth-order valence-corrected chi connectivity index (χ4v) is 1.78. The van der Waals surface area contributed by atoms with Crippen molar-refractivity contribution in [3.8, 4) is 11.5 Å². The molecule has 1 aliphatic heterocycles. The Morgan fingerprint density at radius 2 is 2.18 bits per heavy atom. The first-order chi connectivity index (χ1) is 8.29. The van der Waals surface area contributed by atoms with E-state index < -0.39 is 0 Å². The van der Waals surface area contributed by atoms with Crippen LogP contribution in [0, 0.1) is 0 Å². The number of hydrogen-bond donors (Lipinski definition) is 2. The lowest BCUT2D eigenvalue weighted by Gasteiger charge is -2.26. The van der Waals surface area contributed by atoms with Crippen molar-refractivity contribution in [3.63, 3.8) is 0 Å². The minimum absolute atomic E-state index is 0.0116. The van der Waals surface area contributed by atoms with Crippen LogP contribution in [0.2, 0.25) is 0 Å². The van der Waals surface area contributed by atoms with E-state index in [9.17, 15) is 4.79 Å². The van der Waals surface area contributed by atoms with E-state index in [0.29, 0.717) is 25.3 Å². The van der Waals surface area contributed by atoms with Crippen LogP contribution in [-0.2, 0) is 4.79 Å². The number of carbonyl (C=O) groups is 1. The van der Waals surface area contributed by atoms with Crippen molar-refractivity contribution < 1.29 is 14.3 Å². The van der Waals surface area contributed by atoms with E-state index in [4.69, 9.17) is 9.47 Å². The Bertz CT molecular complexity index is 397. The van der Waals surface area contributed by atoms with Gasteiger partial charge in [-0.1, -0.05) is 12.1 Å². The predicted molar refractivity (Wildman–Crippen MR) is 67.8 cm³/mol. The molecule has 5 heteroatoms. The highest BCUT2D eigenvalue weighted by Crippen LogP contribution is 2.30. The normalized spacial score (nSPS) is 17.6. The third kappa shape index (κ3) is 3.30. The molecule has 4 nitrogen and oxygen atoms in total. The molecule has 0 radical (unpaired) electrons. The second-order valence-electron chi connectivity index (χ2n) is 3.78. The Hall–Kier alpha value is -1.36. The molecule has 92 valence electrons. The summed E-state index contributed by atoms with van der Waals surface area (Å²) in [6, 6.07) is 7.52. The predicted octanol–water partition coefficient (Wildman–Crippen LogP) is 1.26. The molecule has 2 rings (SSSR count). The SMILES string of the molecule is O=C(CCS)NCC1COc2ccccc2O1. The van der Waals surface area contributed by atoms with Crippen molar-refractivity contribution in [1.82, 2.24) is 5.32 Å². The van der Waals surface area contributed by atoms with Gasteiger partial charge in [-0.25, -0.2) is 0 Å². The van der Waals surface area contributed by atoms with Gasteiger partial charge in [-0.05, 0) is 17.9 Å². The number of hydrogen-bond acceptors (Lipinski definition) is 4. The number of carbonyl (C=O) groups excluding carboxylic acids is 1. The molecule has 0 saturated carbocycles. The van der Waals surface area contributed by atoms with Crippen molar-refractivity contribution in [1.29, 1.82) is 0 Å². The summed E-state index contributed by atoms with van der Waals surface area (Å²) in [6.07, 6.45) is 0.293. The van der Waals surface area contributed by atoms with Crippen LogP contribution in [0.5, 0.6) is 11.5 Å². The van der Waals surface area contributed by atoms with E-state index in [1.807, 2.05) is 24.3 Å². The monoisotopic (exact) mass is 253 g/mol. The van der Waals surface area contributed by atoms with Gasteiger partial charge in [0.25, 0.3) is 0 Å². The standard InChI is InChI=1S/C12H15NO3S/c14-12(5-6-17)13-7-9-8-15-10-3-1-2-4-11(10)16-9/h1-4,9,17H,5-8H2,(H,13,14). The largest absolute Gasteiger partial charge is 0.486 e. The van der Waals surface area contributed by atoms with E-state index >= 15 is 0 Å². The number of ether oxygens (including phenoxy) is 2. The topological polar surface area (TPSA) is 47.6 Å². The first-order valence-corrected chi connectivity index (χ1v) is 6.19. The lowest BCUT2D eigenvalue weighted by molar-refractivity contribution is -0.121. The van der Waals surface area contributed by atoms with Gasteiger partial charge in [0.2, 0.25) is 5.91 Å². The second kappa shape index (κ2) is 5.82. The Balaban J connectivity index is 1.84. The van der Waals surface area contributed by atoms with Crippen LogP contribution in [0.15, 0.2) is 24.3 Å². The first-order valence-electron chi connectivity index (χ1n) is 5.55. The molecule has 0 aliphatic carbocycles. The van der Waals surface area contributed by atoms with Gasteiger partial charge < -0.3 is 14.8 Å². The molecule has 1 heterocycles. The van der Waals surface area contributed by atoms with Gasteiger partial charge >= 0.3 is 0 Å². The summed E-state index contributed by atoms with van der Waals surface area (Å²) in [5, 5.41) is 2.79. The van der Waals surface area contributed by atoms with Gasteiger partial charge in [0.05, 0.1) is 6.54 Å². The fraction of sp³-hybridized carbons (Fsp3) is 0.417. The minimum atomic E-state index is -0.131. The van der Waals surface area contributed by atoms with Crippen molar-refractivity contribution in [2.45, 2.75) is 12.5 Å². The molecule has 1 atom stereocenters. The lowest BCUT2D eigenvalue weighted by atomic mass is 10.2. The maximum absolute atomic E-state index is 11.3. The fourth-order valence-electron chi connectivity index (χ4n) is 1.58. The first kappa shape index (κ1) is 12.1. The third-order valence-corrected chi connectivity index (χ3v) is 2.66. The average molecular weight is 253 g/mol. The van der Waals surface area contributed by atoms with Crippen molar-refractivity contribution >= 4 is 18.5 Å². The Labute approximate surface area is 106 Å². The molecule has 0 spiro atoms. The van der Waals surface area contributed by atoms with E-state index in [2.05, 4.69) is 17.9 Å². The van der Waals surface area contributed by atoms with E-state index in [1.165, 1.54) is 0 Å². The van der Waals surface area contributed by atoms with Crippen LogP contribution in [0.1, 0.15) is 6.42 Å². The van der Waals surface area contributed by atoms with Crippen molar-refractivity contribution in [2.75, 3.05) is 18.9 Å². The van der Waals surface area contributed by atoms with E-state index in [-0.39, 0.29) is 12.0 Å². The number of fused-ring (bicyclic) bond motifs is 1. The summed E-state index contributed by atoms with van der Waals surface area (Å²) in [5.41, 5.74) is 0. The van der Waals surface area contributed by atoms with Crippen molar-refractivity contribution in [3.05, 3.63) is 24.3 Å².